The highest BCUT2D eigenvalue weighted by atomic mass is 32.9. The number of nitro benzene ring substituents is 1. The average Bonchev–Trinajstić information content (AvgIpc) is 2.67. The summed E-state index contributed by atoms with van der Waals surface area (Å²) >= 11 is 5.23. The first-order valence-electron chi connectivity index (χ1n) is 4.77. The molecule has 6 heteroatoms. The van der Waals surface area contributed by atoms with Gasteiger partial charge in [-0.3, -0.25) is 10.1 Å². The summed E-state index contributed by atoms with van der Waals surface area (Å²) in [5.74, 6) is 0. The third-order valence-corrected chi connectivity index (χ3v) is 5.63. The highest BCUT2D eigenvalue weighted by Crippen LogP contribution is 2.34. The second kappa shape index (κ2) is 3.83. The van der Waals surface area contributed by atoms with Gasteiger partial charge in [0.05, 0.1) is 10.3 Å². The number of non-ortho nitro benzene ring substituents is 1. The Morgan fingerprint density at radius 3 is 2.76 bits per heavy atom. The van der Waals surface area contributed by atoms with Gasteiger partial charge in [0.1, 0.15) is 3.82 Å². The Balaban J connectivity index is 2.53. The lowest BCUT2D eigenvalue weighted by molar-refractivity contribution is -0.383. The second-order valence-corrected chi connectivity index (χ2v) is 6.41. The van der Waals surface area contributed by atoms with Crippen molar-refractivity contribution < 1.29 is 4.92 Å². The molecular formula is C11H5NO2S3. The van der Waals surface area contributed by atoms with Crippen molar-refractivity contribution in [2.75, 3.05) is 0 Å². The van der Waals surface area contributed by atoms with E-state index in [1.807, 2.05) is 18.2 Å². The van der Waals surface area contributed by atoms with Crippen molar-refractivity contribution in [3.05, 3.63) is 44.3 Å². The van der Waals surface area contributed by atoms with Crippen LogP contribution in [0, 0.1) is 13.9 Å². The van der Waals surface area contributed by atoms with Gasteiger partial charge in [0.15, 0.2) is 0 Å². The summed E-state index contributed by atoms with van der Waals surface area (Å²) in [4.78, 5) is 10.6. The van der Waals surface area contributed by atoms with Gasteiger partial charge in [-0.25, -0.2) is 0 Å². The van der Waals surface area contributed by atoms with Crippen molar-refractivity contribution >= 4 is 59.4 Å². The molecule has 3 aromatic rings. The fourth-order valence-electron chi connectivity index (χ4n) is 1.80. The zero-order valence-electron chi connectivity index (χ0n) is 8.38. The van der Waals surface area contributed by atoms with Crippen LogP contribution in [0.15, 0.2) is 30.3 Å². The van der Waals surface area contributed by atoms with Crippen molar-refractivity contribution in [1.82, 2.24) is 0 Å². The molecule has 0 unspecified atom stereocenters. The first-order chi connectivity index (χ1) is 8.16. The van der Waals surface area contributed by atoms with Crippen LogP contribution in [0.5, 0.6) is 0 Å². The summed E-state index contributed by atoms with van der Waals surface area (Å²) in [6.07, 6.45) is 0. The van der Waals surface area contributed by atoms with Crippen LogP contribution >= 0.6 is 32.9 Å². The van der Waals surface area contributed by atoms with Gasteiger partial charge >= 0.3 is 0 Å². The van der Waals surface area contributed by atoms with Crippen LogP contribution < -0.4 is 0 Å². The Kier molecular flexibility index (Phi) is 2.43. The molecule has 17 heavy (non-hydrogen) atoms. The monoisotopic (exact) mass is 279 g/mol. The number of nitro groups is 1. The molecule has 1 heterocycles. The van der Waals surface area contributed by atoms with E-state index in [1.165, 1.54) is 16.4 Å². The Hall–Kier alpha value is -1.37. The minimum atomic E-state index is -0.347. The first-order valence-corrected chi connectivity index (χ1v) is 7.32. The van der Waals surface area contributed by atoms with E-state index >= 15 is 0 Å². The normalized spacial score (nSPS) is 11.1. The van der Waals surface area contributed by atoms with Crippen molar-refractivity contribution in [1.29, 1.82) is 0 Å². The van der Waals surface area contributed by atoms with Gasteiger partial charge in [-0.15, -0.1) is 0 Å². The van der Waals surface area contributed by atoms with E-state index in [0.717, 1.165) is 19.3 Å². The molecule has 0 aliphatic heterocycles. The maximum atomic E-state index is 10.9. The van der Waals surface area contributed by atoms with E-state index in [2.05, 4.69) is 0 Å². The van der Waals surface area contributed by atoms with E-state index in [9.17, 15) is 10.1 Å². The summed E-state index contributed by atoms with van der Waals surface area (Å²) in [5, 5.41) is 13.5. The predicted octanol–water partition coefficient (Wildman–Crippen LogP) is 4.75. The molecule has 1 aromatic heterocycles. The SMILES string of the molecule is O=[N+]([O-])c1cccc2cc3c(=S)ssc3cc12. The molecule has 0 bridgehead atoms. The van der Waals surface area contributed by atoms with Gasteiger partial charge in [-0.2, -0.15) is 0 Å². The van der Waals surface area contributed by atoms with Gasteiger partial charge in [0, 0.05) is 16.2 Å². The molecule has 0 saturated carbocycles. The molecule has 0 N–H and O–H groups in total. The van der Waals surface area contributed by atoms with E-state index < -0.39 is 0 Å². The Morgan fingerprint density at radius 2 is 2.00 bits per heavy atom. The topological polar surface area (TPSA) is 43.1 Å². The number of hydrogen-bond acceptors (Lipinski definition) is 5. The lowest BCUT2D eigenvalue weighted by Gasteiger charge is -1.99. The van der Waals surface area contributed by atoms with Crippen molar-refractivity contribution in [3.63, 3.8) is 0 Å². The highest BCUT2D eigenvalue weighted by Gasteiger charge is 2.12. The number of benzene rings is 2. The van der Waals surface area contributed by atoms with E-state index in [0.29, 0.717) is 5.39 Å². The van der Waals surface area contributed by atoms with Gasteiger partial charge in [0.2, 0.25) is 0 Å². The fraction of sp³-hybridized carbons (Fsp3) is 0. The summed E-state index contributed by atoms with van der Waals surface area (Å²) in [6, 6.07) is 8.90. The summed E-state index contributed by atoms with van der Waals surface area (Å²) < 4.78 is 1.86. The summed E-state index contributed by atoms with van der Waals surface area (Å²) in [7, 11) is 3.09. The third-order valence-electron chi connectivity index (χ3n) is 2.58. The summed E-state index contributed by atoms with van der Waals surface area (Å²) in [5.41, 5.74) is 0.147. The van der Waals surface area contributed by atoms with Gasteiger partial charge < -0.3 is 0 Å². The molecule has 0 saturated heterocycles. The Labute approximate surface area is 108 Å². The lowest BCUT2D eigenvalue weighted by atomic mass is 10.1. The molecule has 0 amide bonds. The van der Waals surface area contributed by atoms with Crippen LogP contribution in [0.1, 0.15) is 0 Å². The number of nitrogens with zero attached hydrogens (tertiary/aromatic N) is 1. The second-order valence-electron chi connectivity index (χ2n) is 3.56. The van der Waals surface area contributed by atoms with Crippen LogP contribution in [0.25, 0.3) is 20.9 Å². The average molecular weight is 279 g/mol. The highest BCUT2D eigenvalue weighted by molar-refractivity contribution is 7.81. The lowest BCUT2D eigenvalue weighted by Crippen LogP contribution is -1.88. The van der Waals surface area contributed by atoms with Crippen LogP contribution in [0.2, 0.25) is 0 Å². The maximum Gasteiger partial charge on any atom is 0.277 e. The van der Waals surface area contributed by atoms with Crippen molar-refractivity contribution in [2.24, 2.45) is 0 Å². The Bertz CT molecular complexity index is 803. The maximum absolute atomic E-state index is 10.9. The zero-order chi connectivity index (χ0) is 12.0. The molecule has 0 fully saturated rings. The molecule has 0 aliphatic rings. The van der Waals surface area contributed by atoms with Gasteiger partial charge in [-0.05, 0) is 17.5 Å². The van der Waals surface area contributed by atoms with Crippen LogP contribution in [-0.4, -0.2) is 4.92 Å². The number of fused-ring (bicyclic) bond motifs is 2. The molecular weight excluding hydrogens is 274 g/mol. The van der Waals surface area contributed by atoms with Crippen LogP contribution in [-0.2, 0) is 0 Å². The molecule has 3 rings (SSSR count). The van der Waals surface area contributed by atoms with Crippen molar-refractivity contribution in [3.8, 4) is 0 Å². The van der Waals surface area contributed by atoms with Crippen molar-refractivity contribution in [2.45, 2.75) is 0 Å². The molecule has 0 atom stereocenters. The van der Waals surface area contributed by atoms with E-state index in [1.54, 1.807) is 16.4 Å². The molecule has 0 aliphatic carbocycles. The quantitative estimate of drug-likeness (QED) is 0.279. The minimum absolute atomic E-state index is 0.147. The standard InChI is InChI=1S/C11H5NO2S3/c13-12(14)9-3-1-2-6-4-8-10(5-7(6)9)16-17-11(8)15/h1-5H. The van der Waals surface area contributed by atoms with Crippen LogP contribution in [0.4, 0.5) is 5.69 Å². The third kappa shape index (κ3) is 1.65. The van der Waals surface area contributed by atoms with Crippen LogP contribution in [0.3, 0.4) is 0 Å². The minimum Gasteiger partial charge on any atom is -0.258 e. The van der Waals surface area contributed by atoms with E-state index in [4.69, 9.17) is 12.2 Å². The molecule has 0 radical (unpaired) electrons. The molecule has 3 nitrogen and oxygen atoms in total. The van der Waals surface area contributed by atoms with Gasteiger partial charge in [0.25, 0.3) is 5.69 Å². The zero-order valence-corrected chi connectivity index (χ0v) is 10.8. The Morgan fingerprint density at radius 1 is 1.18 bits per heavy atom. The van der Waals surface area contributed by atoms with E-state index in [-0.39, 0.29) is 10.6 Å². The smallest absolute Gasteiger partial charge is 0.258 e. The molecule has 0 spiro atoms. The number of rotatable bonds is 1. The van der Waals surface area contributed by atoms with Gasteiger partial charge in [-0.1, -0.05) is 45.0 Å². The first kappa shape index (κ1) is 10.8. The predicted molar refractivity (Wildman–Crippen MR) is 74.7 cm³/mol. The summed E-state index contributed by atoms with van der Waals surface area (Å²) in [6.45, 7) is 0. The molecule has 84 valence electrons. The largest absolute Gasteiger partial charge is 0.277 e. The number of hydrogen-bond donors (Lipinski definition) is 0. The molecule has 2 aromatic carbocycles. The fourth-order valence-corrected chi connectivity index (χ4v) is 4.43.